The zero-order valence-electron chi connectivity index (χ0n) is 11.7. The van der Waals surface area contributed by atoms with Crippen molar-refractivity contribution in [1.82, 2.24) is 15.3 Å². The van der Waals surface area contributed by atoms with E-state index in [-0.39, 0.29) is 0 Å². The van der Waals surface area contributed by atoms with Gasteiger partial charge in [0, 0.05) is 32.6 Å². The highest BCUT2D eigenvalue weighted by Gasteiger charge is 2.10. The minimum Gasteiger partial charge on any atom is -0.490 e. The molecule has 1 aromatic rings. The fourth-order valence-corrected chi connectivity index (χ4v) is 1.50. The minimum absolute atomic E-state index is 0.322. The van der Waals surface area contributed by atoms with Crippen molar-refractivity contribution in [3.05, 3.63) is 17.7 Å². The van der Waals surface area contributed by atoms with Gasteiger partial charge in [0.05, 0.1) is 18.5 Å². The highest BCUT2D eigenvalue weighted by Crippen LogP contribution is 2.18. The Bertz CT molecular complexity index is 356. The molecule has 0 atom stereocenters. The molecule has 0 fully saturated rings. The van der Waals surface area contributed by atoms with Crippen LogP contribution in [0.2, 0.25) is 0 Å². The van der Waals surface area contributed by atoms with Gasteiger partial charge in [-0.25, -0.2) is 9.97 Å². The molecule has 0 aromatic carbocycles. The maximum atomic E-state index is 5.68. The van der Waals surface area contributed by atoms with E-state index in [1.165, 1.54) is 0 Å². The number of hydrogen-bond acceptors (Lipinski definition) is 5. The Hall–Kier alpha value is -1.20. The number of nitrogens with one attached hydrogen (secondary N) is 1. The van der Waals surface area contributed by atoms with E-state index in [0.717, 1.165) is 23.7 Å². The van der Waals surface area contributed by atoms with Gasteiger partial charge >= 0.3 is 0 Å². The van der Waals surface area contributed by atoms with E-state index in [9.17, 15) is 0 Å². The minimum atomic E-state index is 0.322. The summed E-state index contributed by atoms with van der Waals surface area (Å²) >= 11 is 0. The van der Waals surface area contributed by atoms with Crippen LogP contribution in [0.1, 0.15) is 37.7 Å². The molecule has 5 nitrogen and oxygen atoms in total. The highest BCUT2D eigenvalue weighted by atomic mass is 16.5. The van der Waals surface area contributed by atoms with Crippen molar-refractivity contribution in [3.8, 4) is 5.75 Å². The molecule has 0 unspecified atom stereocenters. The molecule has 1 rings (SSSR count). The smallest absolute Gasteiger partial charge is 0.160 e. The largest absolute Gasteiger partial charge is 0.490 e. The van der Waals surface area contributed by atoms with Gasteiger partial charge in [-0.2, -0.15) is 0 Å². The molecule has 1 N–H and O–H groups in total. The van der Waals surface area contributed by atoms with Crippen LogP contribution in [0.15, 0.2) is 6.20 Å². The molecule has 0 aliphatic carbocycles. The van der Waals surface area contributed by atoms with Crippen LogP contribution >= 0.6 is 0 Å². The molecule has 0 amide bonds. The van der Waals surface area contributed by atoms with Crippen LogP contribution in [0.3, 0.4) is 0 Å². The molecule has 1 aromatic heterocycles. The summed E-state index contributed by atoms with van der Waals surface area (Å²) in [5.41, 5.74) is 0.911. The fourth-order valence-electron chi connectivity index (χ4n) is 1.50. The average Bonchev–Trinajstić information content (AvgIpc) is 2.36. The van der Waals surface area contributed by atoms with Crippen molar-refractivity contribution in [2.45, 2.75) is 32.7 Å². The fraction of sp³-hybridized carbons (Fsp3) is 0.692. The third kappa shape index (κ3) is 4.58. The number of aromatic nitrogens is 2. The lowest BCUT2D eigenvalue weighted by Gasteiger charge is -2.12. The molecule has 0 radical (unpaired) electrons. The second-order valence-electron chi connectivity index (χ2n) is 4.42. The predicted molar refractivity (Wildman–Crippen MR) is 70.9 cm³/mol. The van der Waals surface area contributed by atoms with Crippen LogP contribution in [0, 0.1) is 0 Å². The molecule has 0 bridgehead atoms. The van der Waals surface area contributed by atoms with Gasteiger partial charge in [-0.15, -0.1) is 0 Å². The van der Waals surface area contributed by atoms with Crippen LogP contribution in [-0.4, -0.2) is 37.3 Å². The van der Waals surface area contributed by atoms with Gasteiger partial charge in [0.15, 0.2) is 5.75 Å². The molecule has 1 heterocycles. The number of rotatable bonds is 8. The predicted octanol–water partition coefficient (Wildman–Crippen LogP) is 1.73. The van der Waals surface area contributed by atoms with Crippen LogP contribution in [0.5, 0.6) is 5.75 Å². The normalized spacial score (nSPS) is 10.9. The molecule has 18 heavy (non-hydrogen) atoms. The Balaban J connectivity index is 2.70. The number of methoxy groups -OCH3 is 1. The summed E-state index contributed by atoms with van der Waals surface area (Å²) in [6.07, 6.45) is 2.63. The van der Waals surface area contributed by atoms with E-state index in [1.54, 1.807) is 13.3 Å². The summed E-state index contributed by atoms with van der Waals surface area (Å²) in [6.45, 7) is 6.16. The Morgan fingerprint density at radius 1 is 1.33 bits per heavy atom. The van der Waals surface area contributed by atoms with E-state index in [4.69, 9.17) is 9.47 Å². The first-order valence-electron chi connectivity index (χ1n) is 6.31. The maximum absolute atomic E-state index is 5.68. The molecule has 102 valence electrons. The van der Waals surface area contributed by atoms with Gasteiger partial charge in [-0.1, -0.05) is 13.8 Å². The summed E-state index contributed by atoms with van der Waals surface area (Å²) in [5.74, 6) is 1.93. The monoisotopic (exact) mass is 253 g/mol. The second-order valence-corrected chi connectivity index (χ2v) is 4.42. The lowest BCUT2D eigenvalue weighted by atomic mass is 10.2. The van der Waals surface area contributed by atoms with Gasteiger partial charge in [0.1, 0.15) is 5.82 Å². The molecule has 0 saturated carbocycles. The number of nitrogens with zero attached hydrogens (tertiary/aromatic N) is 2. The number of ether oxygens (including phenoxy) is 2. The van der Waals surface area contributed by atoms with Crippen molar-refractivity contribution in [1.29, 1.82) is 0 Å². The summed E-state index contributed by atoms with van der Waals surface area (Å²) < 4.78 is 10.7. The third-order valence-corrected chi connectivity index (χ3v) is 2.46. The summed E-state index contributed by atoms with van der Waals surface area (Å²) in [5, 5.41) is 3.10. The third-order valence-electron chi connectivity index (χ3n) is 2.46. The summed E-state index contributed by atoms with van der Waals surface area (Å²) in [4.78, 5) is 8.86. The van der Waals surface area contributed by atoms with Crippen LogP contribution in [0.4, 0.5) is 0 Å². The van der Waals surface area contributed by atoms with Crippen molar-refractivity contribution < 1.29 is 9.47 Å². The Morgan fingerprint density at radius 2 is 2.11 bits per heavy atom. The Labute approximate surface area is 109 Å². The summed E-state index contributed by atoms with van der Waals surface area (Å²) in [6, 6.07) is 0. The molecular weight excluding hydrogens is 230 g/mol. The van der Waals surface area contributed by atoms with E-state index >= 15 is 0 Å². The van der Waals surface area contributed by atoms with E-state index in [1.807, 2.05) is 7.05 Å². The molecular formula is C13H23N3O2. The van der Waals surface area contributed by atoms with Gasteiger partial charge in [-0.3, -0.25) is 0 Å². The molecule has 0 saturated heterocycles. The quantitative estimate of drug-likeness (QED) is 0.715. The van der Waals surface area contributed by atoms with Crippen LogP contribution < -0.4 is 10.1 Å². The molecule has 5 heteroatoms. The molecule has 0 aliphatic heterocycles. The number of hydrogen-bond donors (Lipinski definition) is 1. The van der Waals surface area contributed by atoms with Crippen molar-refractivity contribution in [2.75, 3.05) is 27.4 Å². The lowest BCUT2D eigenvalue weighted by Crippen LogP contribution is -2.13. The Kier molecular flexibility index (Phi) is 6.60. The van der Waals surface area contributed by atoms with Crippen LogP contribution in [0.25, 0.3) is 0 Å². The van der Waals surface area contributed by atoms with Gasteiger partial charge in [0.25, 0.3) is 0 Å². The van der Waals surface area contributed by atoms with Gasteiger partial charge in [-0.05, 0) is 7.05 Å². The zero-order valence-corrected chi connectivity index (χ0v) is 11.7. The van der Waals surface area contributed by atoms with Crippen molar-refractivity contribution in [2.24, 2.45) is 0 Å². The summed E-state index contributed by atoms with van der Waals surface area (Å²) in [7, 11) is 3.58. The first kappa shape index (κ1) is 14.9. The Morgan fingerprint density at radius 3 is 2.72 bits per heavy atom. The zero-order chi connectivity index (χ0) is 13.4. The highest BCUT2D eigenvalue weighted by molar-refractivity contribution is 5.25. The first-order valence-corrected chi connectivity index (χ1v) is 6.31. The van der Waals surface area contributed by atoms with Gasteiger partial charge < -0.3 is 14.8 Å². The maximum Gasteiger partial charge on any atom is 0.160 e. The lowest BCUT2D eigenvalue weighted by molar-refractivity contribution is 0.171. The van der Waals surface area contributed by atoms with Gasteiger partial charge in [0.2, 0.25) is 0 Å². The van der Waals surface area contributed by atoms with E-state index in [0.29, 0.717) is 25.7 Å². The molecule has 0 spiro atoms. The van der Waals surface area contributed by atoms with Crippen LogP contribution in [-0.2, 0) is 11.3 Å². The standard InChI is InChI=1S/C13H23N3O2/c1-10(2)13-15-9-12(11(16-13)8-14-3)18-7-5-6-17-4/h9-10,14H,5-8H2,1-4H3. The van der Waals surface area contributed by atoms with E-state index < -0.39 is 0 Å². The van der Waals surface area contributed by atoms with Crippen molar-refractivity contribution in [3.63, 3.8) is 0 Å². The SMILES string of the molecule is CNCc1nc(C(C)C)ncc1OCCCOC. The second kappa shape index (κ2) is 8.00. The van der Waals surface area contributed by atoms with Crippen molar-refractivity contribution >= 4 is 0 Å². The average molecular weight is 253 g/mol. The first-order chi connectivity index (χ1) is 8.69. The molecule has 0 aliphatic rings. The topological polar surface area (TPSA) is 56.3 Å². The van der Waals surface area contributed by atoms with E-state index in [2.05, 4.69) is 29.1 Å².